The quantitative estimate of drug-likeness (QED) is 0.778. The van der Waals surface area contributed by atoms with Crippen molar-refractivity contribution in [2.45, 2.75) is 6.92 Å². The molecule has 0 bridgehead atoms. The molecule has 1 rings (SSSR count). The predicted molar refractivity (Wildman–Crippen MR) is 53.8 cm³/mol. The lowest BCUT2D eigenvalue weighted by Gasteiger charge is -2.06. The molecule has 0 aliphatic carbocycles. The van der Waals surface area contributed by atoms with E-state index in [2.05, 4.69) is 10.3 Å². The topological polar surface area (TPSA) is 68.3 Å². The van der Waals surface area contributed by atoms with E-state index in [0.717, 1.165) is 0 Å². The van der Waals surface area contributed by atoms with Crippen LogP contribution in [0.5, 0.6) is 5.75 Å². The van der Waals surface area contributed by atoms with Crippen molar-refractivity contribution in [1.82, 2.24) is 10.3 Å². The smallest absolute Gasteiger partial charge is 0.255 e. The summed E-state index contributed by atoms with van der Waals surface area (Å²) in [5.41, 5.74) is 0.369. The molecule has 0 saturated carbocycles. The van der Waals surface area contributed by atoms with Crippen LogP contribution in [0, 0.1) is 0 Å². The fourth-order valence-corrected chi connectivity index (χ4v) is 1.03. The number of methoxy groups -OCH3 is 1. The van der Waals surface area contributed by atoms with Crippen molar-refractivity contribution >= 4 is 11.7 Å². The van der Waals surface area contributed by atoms with Crippen molar-refractivity contribution in [2.75, 3.05) is 13.7 Å². The van der Waals surface area contributed by atoms with E-state index in [9.17, 15) is 9.59 Å². The van der Waals surface area contributed by atoms with E-state index >= 15 is 0 Å². The Morgan fingerprint density at radius 3 is 2.87 bits per heavy atom. The number of ketones is 1. The molecular formula is C10H12N2O3. The molecule has 0 aliphatic rings. The van der Waals surface area contributed by atoms with Gasteiger partial charge in [-0.3, -0.25) is 14.6 Å². The monoisotopic (exact) mass is 208 g/mol. The molecule has 1 N–H and O–H groups in total. The van der Waals surface area contributed by atoms with Gasteiger partial charge in [0.2, 0.25) is 0 Å². The summed E-state index contributed by atoms with van der Waals surface area (Å²) in [5.74, 6) is -0.0561. The SMILES string of the molecule is COc1cnccc1C(=O)NCC(C)=O. The van der Waals surface area contributed by atoms with Crippen LogP contribution in [0.3, 0.4) is 0 Å². The maximum Gasteiger partial charge on any atom is 0.255 e. The maximum absolute atomic E-state index is 11.6. The van der Waals surface area contributed by atoms with E-state index in [-0.39, 0.29) is 18.2 Å². The summed E-state index contributed by atoms with van der Waals surface area (Å²) in [6.45, 7) is 1.42. The van der Waals surface area contributed by atoms with Crippen molar-refractivity contribution in [3.05, 3.63) is 24.0 Å². The number of carbonyl (C=O) groups excluding carboxylic acids is 2. The number of rotatable bonds is 4. The fourth-order valence-electron chi connectivity index (χ4n) is 1.03. The average Bonchev–Trinajstić information content (AvgIpc) is 2.25. The summed E-state index contributed by atoms with van der Waals surface area (Å²) in [7, 11) is 1.46. The van der Waals surface area contributed by atoms with Crippen LogP contribution in [-0.4, -0.2) is 30.3 Å². The van der Waals surface area contributed by atoms with Gasteiger partial charge in [0.25, 0.3) is 5.91 Å². The lowest BCUT2D eigenvalue weighted by Crippen LogP contribution is -2.28. The van der Waals surface area contributed by atoms with Crippen LogP contribution in [0.2, 0.25) is 0 Å². The van der Waals surface area contributed by atoms with Crippen molar-refractivity contribution in [3.8, 4) is 5.75 Å². The molecule has 0 fully saturated rings. The maximum atomic E-state index is 11.6. The molecule has 5 nitrogen and oxygen atoms in total. The van der Waals surface area contributed by atoms with Gasteiger partial charge >= 0.3 is 0 Å². The Bertz CT molecular complexity index is 377. The molecule has 1 heterocycles. The van der Waals surface area contributed by atoms with Crippen LogP contribution < -0.4 is 10.1 Å². The number of amides is 1. The van der Waals surface area contributed by atoms with E-state index in [1.807, 2.05) is 0 Å². The minimum atomic E-state index is -0.343. The van der Waals surface area contributed by atoms with Gasteiger partial charge in [-0.25, -0.2) is 0 Å². The second kappa shape index (κ2) is 5.09. The summed E-state index contributed by atoms with van der Waals surface area (Å²) in [6.07, 6.45) is 2.94. The van der Waals surface area contributed by atoms with Crippen LogP contribution in [0.25, 0.3) is 0 Å². The van der Waals surface area contributed by atoms with Gasteiger partial charge in [0.15, 0.2) is 0 Å². The minimum Gasteiger partial charge on any atom is -0.494 e. The Hall–Kier alpha value is -1.91. The number of nitrogens with one attached hydrogen (secondary N) is 1. The van der Waals surface area contributed by atoms with Crippen molar-refractivity contribution in [3.63, 3.8) is 0 Å². The van der Waals surface area contributed by atoms with Gasteiger partial charge in [0, 0.05) is 6.20 Å². The largest absolute Gasteiger partial charge is 0.494 e. The lowest BCUT2D eigenvalue weighted by molar-refractivity contribution is -0.116. The first-order valence-corrected chi connectivity index (χ1v) is 4.40. The Morgan fingerprint density at radius 2 is 2.27 bits per heavy atom. The highest BCUT2D eigenvalue weighted by atomic mass is 16.5. The van der Waals surface area contributed by atoms with Gasteiger partial charge in [-0.05, 0) is 13.0 Å². The predicted octanol–water partition coefficient (Wildman–Crippen LogP) is 0.409. The summed E-state index contributed by atoms with van der Waals surface area (Å²) in [5, 5.41) is 2.48. The lowest BCUT2D eigenvalue weighted by atomic mass is 10.2. The Morgan fingerprint density at radius 1 is 1.53 bits per heavy atom. The number of hydrogen-bond donors (Lipinski definition) is 1. The van der Waals surface area contributed by atoms with Crippen LogP contribution in [-0.2, 0) is 4.79 Å². The highest BCUT2D eigenvalue weighted by molar-refractivity contribution is 5.98. The standard InChI is InChI=1S/C10H12N2O3/c1-7(13)5-12-10(14)8-3-4-11-6-9(8)15-2/h3-4,6H,5H2,1-2H3,(H,12,14). The number of hydrogen-bond acceptors (Lipinski definition) is 4. The van der Waals surface area contributed by atoms with Crippen LogP contribution >= 0.6 is 0 Å². The molecule has 0 radical (unpaired) electrons. The van der Waals surface area contributed by atoms with Crippen LogP contribution in [0.4, 0.5) is 0 Å². The highest BCUT2D eigenvalue weighted by Gasteiger charge is 2.11. The van der Waals surface area contributed by atoms with Crippen molar-refractivity contribution in [1.29, 1.82) is 0 Å². The molecule has 1 aromatic heterocycles. The third kappa shape index (κ3) is 3.05. The first-order chi connectivity index (χ1) is 7.15. The zero-order valence-corrected chi connectivity index (χ0v) is 8.61. The van der Waals surface area contributed by atoms with Gasteiger partial charge in [-0.1, -0.05) is 0 Å². The molecule has 80 valence electrons. The molecular weight excluding hydrogens is 196 g/mol. The molecule has 0 aliphatic heterocycles. The van der Waals surface area contributed by atoms with Gasteiger partial charge in [-0.15, -0.1) is 0 Å². The van der Waals surface area contributed by atoms with E-state index in [0.29, 0.717) is 11.3 Å². The van der Waals surface area contributed by atoms with Crippen molar-refractivity contribution < 1.29 is 14.3 Å². The van der Waals surface area contributed by atoms with Crippen molar-refractivity contribution in [2.24, 2.45) is 0 Å². The Kier molecular flexibility index (Phi) is 3.79. The normalized spacial score (nSPS) is 9.47. The zero-order chi connectivity index (χ0) is 11.3. The number of Topliss-reactive ketones (excluding diaryl/α,β-unsaturated/α-hetero) is 1. The summed E-state index contributed by atoms with van der Waals surface area (Å²) in [4.78, 5) is 26.1. The average molecular weight is 208 g/mol. The van der Waals surface area contributed by atoms with Crippen LogP contribution in [0.15, 0.2) is 18.5 Å². The van der Waals surface area contributed by atoms with E-state index in [1.165, 1.54) is 32.5 Å². The van der Waals surface area contributed by atoms with E-state index in [4.69, 9.17) is 4.74 Å². The molecule has 1 aromatic rings. The molecule has 0 atom stereocenters. The second-order valence-corrected chi connectivity index (χ2v) is 2.96. The zero-order valence-electron chi connectivity index (χ0n) is 8.61. The van der Waals surface area contributed by atoms with Crippen LogP contribution in [0.1, 0.15) is 17.3 Å². The number of carbonyl (C=O) groups is 2. The number of aromatic nitrogens is 1. The number of nitrogens with zero attached hydrogens (tertiary/aromatic N) is 1. The van der Waals surface area contributed by atoms with E-state index < -0.39 is 0 Å². The molecule has 1 amide bonds. The minimum absolute atomic E-state index is 0.0182. The van der Waals surface area contributed by atoms with Gasteiger partial charge in [0.05, 0.1) is 25.4 Å². The van der Waals surface area contributed by atoms with Gasteiger partial charge < -0.3 is 10.1 Å². The number of pyridine rings is 1. The Labute approximate surface area is 87.5 Å². The Balaban J connectivity index is 2.77. The highest BCUT2D eigenvalue weighted by Crippen LogP contribution is 2.14. The molecule has 15 heavy (non-hydrogen) atoms. The third-order valence-corrected chi connectivity index (χ3v) is 1.75. The first-order valence-electron chi connectivity index (χ1n) is 4.40. The summed E-state index contributed by atoms with van der Waals surface area (Å²) < 4.78 is 4.97. The summed E-state index contributed by atoms with van der Waals surface area (Å²) in [6, 6.07) is 1.54. The molecule has 5 heteroatoms. The number of ether oxygens (including phenoxy) is 1. The van der Waals surface area contributed by atoms with Gasteiger partial charge in [-0.2, -0.15) is 0 Å². The molecule has 0 unspecified atom stereocenters. The second-order valence-electron chi connectivity index (χ2n) is 2.96. The third-order valence-electron chi connectivity index (χ3n) is 1.75. The molecule has 0 aromatic carbocycles. The van der Waals surface area contributed by atoms with E-state index in [1.54, 1.807) is 0 Å². The fraction of sp³-hybridized carbons (Fsp3) is 0.300. The molecule has 0 saturated heterocycles. The van der Waals surface area contributed by atoms with Gasteiger partial charge in [0.1, 0.15) is 11.5 Å². The molecule has 0 spiro atoms. The first kappa shape index (κ1) is 11.2. The summed E-state index contributed by atoms with van der Waals surface area (Å²) >= 11 is 0.